The van der Waals surface area contributed by atoms with Crippen LogP contribution in [0.4, 0.5) is 0 Å². The number of carbonyl (C=O) groups excluding carboxylic acids is 1. The Morgan fingerprint density at radius 1 is 1.05 bits per heavy atom. The number of hydrogen-bond donors (Lipinski definition) is 0. The van der Waals surface area contributed by atoms with Crippen LogP contribution >= 0.6 is 0 Å². The smallest absolute Gasteiger partial charge is 0.156 e. The average molecular weight is 259 g/mol. The molecular weight excluding hydrogens is 234 g/mol. The summed E-state index contributed by atoms with van der Waals surface area (Å²) in [5.41, 5.74) is 0.788. The zero-order valence-electron chi connectivity index (χ0n) is 12.2. The van der Waals surface area contributed by atoms with Crippen molar-refractivity contribution in [2.75, 3.05) is 13.1 Å². The summed E-state index contributed by atoms with van der Waals surface area (Å²) in [6.07, 6.45) is 5.60. The zero-order chi connectivity index (χ0) is 13.7. The molecule has 2 rings (SSSR count). The van der Waals surface area contributed by atoms with E-state index in [0.29, 0.717) is 12.2 Å². The van der Waals surface area contributed by atoms with Crippen molar-refractivity contribution in [2.45, 2.75) is 51.5 Å². The molecule has 0 saturated carbocycles. The summed E-state index contributed by atoms with van der Waals surface area (Å²) in [6, 6.07) is 10.1. The Labute approximate surface area is 116 Å². The Morgan fingerprint density at radius 2 is 1.63 bits per heavy atom. The SMILES string of the molecule is CC(C)(C(=O)Cc1ccccc1)N1CCCCCC1. The maximum Gasteiger partial charge on any atom is 0.156 e. The molecule has 1 aromatic carbocycles. The Balaban J connectivity index is 2.03. The fourth-order valence-corrected chi connectivity index (χ4v) is 2.80. The van der Waals surface area contributed by atoms with Gasteiger partial charge in [-0.1, -0.05) is 43.2 Å². The highest BCUT2D eigenvalue weighted by atomic mass is 16.1. The largest absolute Gasteiger partial charge is 0.297 e. The Kier molecular flexibility index (Phi) is 4.76. The molecule has 104 valence electrons. The highest BCUT2D eigenvalue weighted by molar-refractivity contribution is 5.89. The third-order valence-electron chi connectivity index (χ3n) is 4.29. The van der Waals surface area contributed by atoms with E-state index in [1.54, 1.807) is 0 Å². The van der Waals surface area contributed by atoms with Crippen LogP contribution in [0.1, 0.15) is 45.1 Å². The lowest BCUT2D eigenvalue weighted by Crippen LogP contribution is -2.51. The maximum atomic E-state index is 12.6. The second-order valence-corrected chi connectivity index (χ2v) is 6.05. The molecule has 1 aliphatic heterocycles. The number of benzene rings is 1. The minimum absolute atomic E-state index is 0.333. The van der Waals surface area contributed by atoms with E-state index in [1.807, 2.05) is 30.3 Å². The Hall–Kier alpha value is -1.15. The molecule has 0 spiro atoms. The quantitative estimate of drug-likeness (QED) is 0.825. The lowest BCUT2D eigenvalue weighted by molar-refractivity contribution is -0.128. The molecule has 0 radical (unpaired) electrons. The van der Waals surface area contributed by atoms with E-state index in [4.69, 9.17) is 0 Å². The van der Waals surface area contributed by atoms with E-state index in [9.17, 15) is 4.79 Å². The fraction of sp³-hybridized carbons (Fsp3) is 0.588. The van der Waals surface area contributed by atoms with Crippen molar-refractivity contribution in [3.05, 3.63) is 35.9 Å². The Morgan fingerprint density at radius 3 is 2.21 bits per heavy atom. The maximum absolute atomic E-state index is 12.6. The van der Waals surface area contributed by atoms with Gasteiger partial charge in [0.05, 0.1) is 5.54 Å². The fourth-order valence-electron chi connectivity index (χ4n) is 2.80. The molecule has 1 saturated heterocycles. The molecule has 1 aliphatic rings. The van der Waals surface area contributed by atoms with Gasteiger partial charge in [-0.3, -0.25) is 9.69 Å². The van der Waals surface area contributed by atoms with Crippen LogP contribution in [-0.4, -0.2) is 29.3 Å². The number of Topliss-reactive ketones (excluding diaryl/α,β-unsaturated/α-hetero) is 1. The lowest BCUT2D eigenvalue weighted by atomic mass is 9.91. The lowest BCUT2D eigenvalue weighted by Gasteiger charge is -2.36. The first-order chi connectivity index (χ1) is 9.10. The van der Waals surface area contributed by atoms with Gasteiger partial charge < -0.3 is 0 Å². The van der Waals surface area contributed by atoms with Crippen LogP contribution in [0.3, 0.4) is 0 Å². The second kappa shape index (κ2) is 6.33. The van der Waals surface area contributed by atoms with Gasteiger partial charge in [-0.15, -0.1) is 0 Å². The van der Waals surface area contributed by atoms with Crippen LogP contribution in [0.5, 0.6) is 0 Å². The molecule has 1 heterocycles. The van der Waals surface area contributed by atoms with E-state index in [2.05, 4.69) is 18.7 Å². The van der Waals surface area contributed by atoms with Gasteiger partial charge in [0.25, 0.3) is 0 Å². The molecule has 0 aromatic heterocycles. The van der Waals surface area contributed by atoms with Gasteiger partial charge >= 0.3 is 0 Å². The number of hydrogen-bond acceptors (Lipinski definition) is 2. The van der Waals surface area contributed by atoms with Gasteiger partial charge in [-0.05, 0) is 45.3 Å². The van der Waals surface area contributed by atoms with Gasteiger partial charge in [-0.25, -0.2) is 0 Å². The predicted molar refractivity (Wildman–Crippen MR) is 79.3 cm³/mol. The van der Waals surface area contributed by atoms with Gasteiger partial charge in [0.1, 0.15) is 0 Å². The first kappa shape index (κ1) is 14.3. The van der Waals surface area contributed by atoms with Crippen LogP contribution in [0.2, 0.25) is 0 Å². The molecule has 0 unspecified atom stereocenters. The number of carbonyl (C=O) groups is 1. The van der Waals surface area contributed by atoms with Crippen LogP contribution in [0, 0.1) is 0 Å². The summed E-state index contributed by atoms with van der Waals surface area (Å²) in [6.45, 7) is 6.30. The molecule has 0 atom stereocenters. The van der Waals surface area contributed by atoms with Crippen LogP contribution in [0.15, 0.2) is 30.3 Å². The van der Waals surface area contributed by atoms with E-state index < -0.39 is 0 Å². The van der Waals surface area contributed by atoms with Gasteiger partial charge in [-0.2, -0.15) is 0 Å². The van der Waals surface area contributed by atoms with Crippen molar-refractivity contribution in [3.63, 3.8) is 0 Å². The molecule has 0 amide bonds. The third-order valence-corrected chi connectivity index (χ3v) is 4.29. The van der Waals surface area contributed by atoms with Crippen molar-refractivity contribution in [1.82, 2.24) is 4.90 Å². The highest BCUT2D eigenvalue weighted by Crippen LogP contribution is 2.22. The summed E-state index contributed by atoms with van der Waals surface area (Å²) in [4.78, 5) is 15.0. The number of likely N-dealkylation sites (tertiary alicyclic amines) is 1. The summed E-state index contributed by atoms with van der Waals surface area (Å²) < 4.78 is 0. The topological polar surface area (TPSA) is 20.3 Å². The van der Waals surface area contributed by atoms with Crippen molar-refractivity contribution in [1.29, 1.82) is 0 Å². The van der Waals surface area contributed by atoms with Crippen molar-refractivity contribution in [3.8, 4) is 0 Å². The number of ketones is 1. The molecule has 2 heteroatoms. The summed E-state index contributed by atoms with van der Waals surface area (Å²) >= 11 is 0. The molecule has 0 aliphatic carbocycles. The summed E-state index contributed by atoms with van der Waals surface area (Å²) in [5, 5.41) is 0. The van der Waals surface area contributed by atoms with E-state index in [-0.39, 0.29) is 5.54 Å². The molecule has 1 fully saturated rings. The monoisotopic (exact) mass is 259 g/mol. The average Bonchev–Trinajstić information content (AvgIpc) is 2.69. The minimum Gasteiger partial charge on any atom is -0.297 e. The standard InChI is InChI=1S/C17H25NO/c1-17(2,18-12-8-3-4-9-13-18)16(19)14-15-10-6-5-7-11-15/h5-7,10-11H,3-4,8-9,12-14H2,1-2H3. The van der Waals surface area contributed by atoms with E-state index in [0.717, 1.165) is 18.7 Å². The van der Waals surface area contributed by atoms with Gasteiger partial charge in [0, 0.05) is 6.42 Å². The normalized spacial score (nSPS) is 18.0. The van der Waals surface area contributed by atoms with Gasteiger partial charge in [0.2, 0.25) is 0 Å². The summed E-state index contributed by atoms with van der Waals surface area (Å²) in [7, 11) is 0. The van der Waals surface area contributed by atoms with Crippen molar-refractivity contribution < 1.29 is 4.79 Å². The molecule has 0 N–H and O–H groups in total. The van der Waals surface area contributed by atoms with Crippen LogP contribution < -0.4 is 0 Å². The first-order valence-corrected chi connectivity index (χ1v) is 7.43. The predicted octanol–water partition coefficient (Wildman–Crippen LogP) is 3.45. The molecule has 0 bridgehead atoms. The molecule has 19 heavy (non-hydrogen) atoms. The Bertz CT molecular complexity index is 403. The van der Waals surface area contributed by atoms with Crippen molar-refractivity contribution in [2.24, 2.45) is 0 Å². The minimum atomic E-state index is -0.333. The summed E-state index contributed by atoms with van der Waals surface area (Å²) in [5.74, 6) is 0.334. The number of nitrogens with zero attached hydrogens (tertiary/aromatic N) is 1. The molecule has 2 nitrogen and oxygen atoms in total. The molecule has 1 aromatic rings. The van der Waals surface area contributed by atoms with Gasteiger partial charge in [0.15, 0.2) is 5.78 Å². The zero-order valence-corrected chi connectivity index (χ0v) is 12.2. The van der Waals surface area contributed by atoms with E-state index in [1.165, 1.54) is 25.7 Å². The van der Waals surface area contributed by atoms with Crippen molar-refractivity contribution >= 4 is 5.78 Å². The first-order valence-electron chi connectivity index (χ1n) is 7.43. The van der Waals surface area contributed by atoms with E-state index >= 15 is 0 Å². The molecular formula is C17H25NO. The van der Waals surface area contributed by atoms with Crippen LogP contribution in [0.25, 0.3) is 0 Å². The second-order valence-electron chi connectivity index (χ2n) is 6.05. The highest BCUT2D eigenvalue weighted by Gasteiger charge is 2.33. The van der Waals surface area contributed by atoms with Crippen LogP contribution in [-0.2, 0) is 11.2 Å². The number of rotatable bonds is 4. The third kappa shape index (κ3) is 3.66.